The molecule has 1 aromatic rings. The Kier molecular flexibility index (Phi) is 3.84. The van der Waals surface area contributed by atoms with Crippen LogP contribution in [0.1, 0.15) is 48.4 Å². The standard InChI is InChI=1S/C15H22N2O2S/c1-11-6-7-12-9-16-15(14(12)8-11)10-20(18,19)17-13-4-2-3-5-13/h6-8,13,15-17H,2-5,9-10H2,1H3. The molecule has 20 heavy (non-hydrogen) atoms. The van der Waals surface area contributed by atoms with Gasteiger partial charge in [0.15, 0.2) is 0 Å². The maximum Gasteiger partial charge on any atom is 0.213 e. The summed E-state index contributed by atoms with van der Waals surface area (Å²) in [4.78, 5) is 0. The molecule has 1 unspecified atom stereocenters. The summed E-state index contributed by atoms with van der Waals surface area (Å²) in [6.07, 6.45) is 4.23. The summed E-state index contributed by atoms with van der Waals surface area (Å²) in [6.45, 7) is 2.81. The van der Waals surface area contributed by atoms with E-state index in [2.05, 4.69) is 28.2 Å². The fourth-order valence-corrected chi connectivity index (χ4v) is 4.83. The highest BCUT2D eigenvalue weighted by Gasteiger charge is 2.29. The summed E-state index contributed by atoms with van der Waals surface area (Å²) in [6, 6.07) is 6.34. The van der Waals surface area contributed by atoms with Gasteiger partial charge in [-0.2, -0.15) is 0 Å². The highest BCUT2D eigenvalue weighted by atomic mass is 32.2. The highest BCUT2D eigenvalue weighted by Crippen LogP contribution is 2.27. The van der Waals surface area contributed by atoms with E-state index in [1.54, 1.807) is 0 Å². The zero-order valence-corrected chi connectivity index (χ0v) is 12.7. The van der Waals surface area contributed by atoms with Gasteiger partial charge in [0.1, 0.15) is 0 Å². The van der Waals surface area contributed by atoms with Crippen LogP contribution in [0.5, 0.6) is 0 Å². The van der Waals surface area contributed by atoms with Gasteiger partial charge in [-0.1, -0.05) is 36.6 Å². The second-order valence-corrected chi connectivity index (χ2v) is 7.81. The van der Waals surface area contributed by atoms with Crippen molar-refractivity contribution in [1.29, 1.82) is 0 Å². The summed E-state index contributed by atoms with van der Waals surface area (Å²) in [7, 11) is -3.22. The quantitative estimate of drug-likeness (QED) is 0.893. The first-order valence-corrected chi connectivity index (χ1v) is 9.01. The van der Waals surface area contributed by atoms with Crippen molar-refractivity contribution in [2.45, 2.75) is 51.2 Å². The van der Waals surface area contributed by atoms with E-state index >= 15 is 0 Å². The topological polar surface area (TPSA) is 58.2 Å². The number of sulfonamides is 1. The Balaban J connectivity index is 1.71. The number of benzene rings is 1. The number of hydrogen-bond donors (Lipinski definition) is 2. The van der Waals surface area contributed by atoms with Gasteiger partial charge in [-0.3, -0.25) is 0 Å². The molecule has 1 fully saturated rings. The molecule has 0 radical (unpaired) electrons. The van der Waals surface area contributed by atoms with Crippen molar-refractivity contribution in [3.63, 3.8) is 0 Å². The fraction of sp³-hybridized carbons (Fsp3) is 0.600. The van der Waals surface area contributed by atoms with Crippen LogP contribution in [0, 0.1) is 6.92 Å². The third-order valence-corrected chi connectivity index (χ3v) is 5.77. The third-order valence-electron chi connectivity index (χ3n) is 4.30. The van der Waals surface area contributed by atoms with Crippen molar-refractivity contribution >= 4 is 10.0 Å². The van der Waals surface area contributed by atoms with Gasteiger partial charge in [0.2, 0.25) is 10.0 Å². The Bertz CT molecular complexity index is 592. The van der Waals surface area contributed by atoms with Gasteiger partial charge in [-0.15, -0.1) is 0 Å². The molecule has 0 spiro atoms. The molecule has 1 aliphatic heterocycles. The van der Waals surface area contributed by atoms with Crippen molar-refractivity contribution in [2.24, 2.45) is 0 Å². The molecule has 1 aromatic carbocycles. The number of aryl methyl sites for hydroxylation is 1. The molecule has 1 aliphatic carbocycles. The van der Waals surface area contributed by atoms with E-state index in [0.717, 1.165) is 37.8 Å². The molecule has 0 amide bonds. The summed E-state index contributed by atoms with van der Waals surface area (Å²) in [5, 5.41) is 3.31. The minimum atomic E-state index is -3.22. The van der Waals surface area contributed by atoms with Crippen LogP contribution < -0.4 is 10.0 Å². The van der Waals surface area contributed by atoms with E-state index in [0.29, 0.717) is 0 Å². The monoisotopic (exact) mass is 294 g/mol. The zero-order valence-electron chi connectivity index (χ0n) is 11.9. The zero-order chi connectivity index (χ0) is 14.2. The summed E-state index contributed by atoms with van der Waals surface area (Å²) >= 11 is 0. The Morgan fingerprint density at radius 3 is 2.80 bits per heavy atom. The molecular formula is C15H22N2O2S. The molecule has 4 nitrogen and oxygen atoms in total. The lowest BCUT2D eigenvalue weighted by molar-refractivity contribution is 0.536. The first-order chi connectivity index (χ1) is 9.53. The molecule has 2 aliphatic rings. The van der Waals surface area contributed by atoms with Crippen LogP contribution in [-0.2, 0) is 16.6 Å². The Morgan fingerprint density at radius 1 is 1.30 bits per heavy atom. The molecule has 1 heterocycles. The average molecular weight is 294 g/mol. The van der Waals surface area contributed by atoms with Gasteiger partial charge in [-0.25, -0.2) is 13.1 Å². The Hall–Kier alpha value is -0.910. The van der Waals surface area contributed by atoms with Crippen molar-refractivity contribution in [1.82, 2.24) is 10.0 Å². The van der Waals surface area contributed by atoms with E-state index in [4.69, 9.17) is 0 Å². The van der Waals surface area contributed by atoms with Gasteiger partial charge >= 0.3 is 0 Å². The minimum absolute atomic E-state index is 0.0798. The Morgan fingerprint density at radius 2 is 2.05 bits per heavy atom. The first-order valence-electron chi connectivity index (χ1n) is 7.36. The molecule has 2 N–H and O–H groups in total. The van der Waals surface area contributed by atoms with E-state index in [9.17, 15) is 8.42 Å². The van der Waals surface area contributed by atoms with Crippen LogP contribution in [0.2, 0.25) is 0 Å². The number of hydrogen-bond acceptors (Lipinski definition) is 3. The molecule has 1 saturated carbocycles. The molecule has 3 rings (SSSR count). The van der Waals surface area contributed by atoms with Gasteiger partial charge in [0, 0.05) is 18.6 Å². The molecule has 0 bridgehead atoms. The molecule has 5 heteroatoms. The highest BCUT2D eigenvalue weighted by molar-refractivity contribution is 7.89. The molecule has 110 valence electrons. The van der Waals surface area contributed by atoms with Crippen LogP contribution in [0.15, 0.2) is 18.2 Å². The summed E-state index contributed by atoms with van der Waals surface area (Å²) in [5.41, 5.74) is 3.54. The lowest BCUT2D eigenvalue weighted by Crippen LogP contribution is -2.37. The van der Waals surface area contributed by atoms with Crippen LogP contribution in [0.25, 0.3) is 0 Å². The van der Waals surface area contributed by atoms with Crippen molar-refractivity contribution in [3.05, 3.63) is 34.9 Å². The SMILES string of the molecule is Cc1ccc2c(c1)C(CS(=O)(=O)NC1CCCC1)NC2. The summed E-state index contributed by atoms with van der Waals surface area (Å²) < 4.78 is 27.4. The van der Waals surface area contributed by atoms with E-state index < -0.39 is 10.0 Å². The molecule has 0 aromatic heterocycles. The van der Waals surface area contributed by atoms with Gasteiger partial charge in [0.05, 0.1) is 5.75 Å². The van der Waals surface area contributed by atoms with Crippen LogP contribution in [-0.4, -0.2) is 20.2 Å². The smallest absolute Gasteiger partial charge is 0.213 e. The van der Waals surface area contributed by atoms with Gasteiger partial charge in [0.25, 0.3) is 0 Å². The predicted molar refractivity (Wildman–Crippen MR) is 79.9 cm³/mol. The first kappa shape index (κ1) is 14.0. The van der Waals surface area contributed by atoms with Crippen molar-refractivity contribution in [3.8, 4) is 0 Å². The maximum atomic E-state index is 12.3. The second-order valence-electron chi connectivity index (χ2n) is 6.02. The van der Waals surface area contributed by atoms with E-state index in [1.165, 1.54) is 11.1 Å². The number of fused-ring (bicyclic) bond motifs is 1. The molecule has 1 atom stereocenters. The fourth-order valence-electron chi connectivity index (χ4n) is 3.26. The Labute approximate surface area is 121 Å². The van der Waals surface area contributed by atoms with Crippen LogP contribution in [0.3, 0.4) is 0 Å². The minimum Gasteiger partial charge on any atom is -0.305 e. The normalized spacial score (nSPS) is 23.1. The third kappa shape index (κ3) is 3.05. The average Bonchev–Trinajstić information content (AvgIpc) is 2.99. The molecule has 0 saturated heterocycles. The lowest BCUT2D eigenvalue weighted by Gasteiger charge is -2.17. The lowest BCUT2D eigenvalue weighted by atomic mass is 10.0. The van der Waals surface area contributed by atoms with Gasteiger partial charge < -0.3 is 5.32 Å². The van der Waals surface area contributed by atoms with Gasteiger partial charge in [-0.05, 0) is 30.9 Å². The molecular weight excluding hydrogens is 272 g/mol. The van der Waals surface area contributed by atoms with Crippen molar-refractivity contribution in [2.75, 3.05) is 5.75 Å². The van der Waals surface area contributed by atoms with Crippen LogP contribution in [0.4, 0.5) is 0 Å². The number of nitrogens with one attached hydrogen (secondary N) is 2. The van der Waals surface area contributed by atoms with E-state index in [-0.39, 0.29) is 17.8 Å². The largest absolute Gasteiger partial charge is 0.305 e. The number of rotatable bonds is 4. The second kappa shape index (κ2) is 5.47. The van der Waals surface area contributed by atoms with Crippen molar-refractivity contribution < 1.29 is 8.42 Å². The van der Waals surface area contributed by atoms with Crippen LogP contribution >= 0.6 is 0 Å². The maximum absolute atomic E-state index is 12.3. The predicted octanol–water partition coefficient (Wildman–Crippen LogP) is 2.00. The summed E-state index contributed by atoms with van der Waals surface area (Å²) in [5.74, 6) is 0.139. The van der Waals surface area contributed by atoms with E-state index in [1.807, 2.05) is 6.92 Å².